The van der Waals surface area contributed by atoms with E-state index in [1.807, 2.05) is 6.07 Å². The summed E-state index contributed by atoms with van der Waals surface area (Å²) in [6.45, 7) is 1.78. The lowest BCUT2D eigenvalue weighted by atomic mass is 9.94. The standard InChI is InChI=1S/C16H19N3O2/c17-8-13-7-12(10-21-13)16(20)19-9-15-14-4-2-1-3-11(14)5-6-18-15/h1-4,7,10,15,18H,5-6,8-9,17H2,(H,19,20). The fourth-order valence-electron chi connectivity index (χ4n) is 2.68. The summed E-state index contributed by atoms with van der Waals surface area (Å²) in [5.41, 5.74) is 8.60. The monoisotopic (exact) mass is 285 g/mol. The molecule has 1 atom stereocenters. The number of furan rings is 1. The summed E-state index contributed by atoms with van der Waals surface area (Å²) in [4.78, 5) is 12.1. The first-order valence-electron chi connectivity index (χ1n) is 7.15. The maximum absolute atomic E-state index is 12.1. The third-order valence-corrected chi connectivity index (χ3v) is 3.80. The topological polar surface area (TPSA) is 80.3 Å². The number of carbonyl (C=O) groups excluding carboxylic acids is 1. The first kappa shape index (κ1) is 13.9. The van der Waals surface area contributed by atoms with Crippen LogP contribution in [0.2, 0.25) is 0 Å². The van der Waals surface area contributed by atoms with Crippen LogP contribution in [-0.2, 0) is 13.0 Å². The van der Waals surface area contributed by atoms with Crippen LogP contribution in [0.5, 0.6) is 0 Å². The largest absolute Gasteiger partial charge is 0.467 e. The molecule has 0 radical (unpaired) electrons. The van der Waals surface area contributed by atoms with E-state index in [4.69, 9.17) is 10.2 Å². The normalized spacial score (nSPS) is 17.3. The Morgan fingerprint density at radius 3 is 3.10 bits per heavy atom. The van der Waals surface area contributed by atoms with E-state index < -0.39 is 0 Å². The van der Waals surface area contributed by atoms with E-state index in [9.17, 15) is 4.79 Å². The smallest absolute Gasteiger partial charge is 0.254 e. The summed E-state index contributed by atoms with van der Waals surface area (Å²) < 4.78 is 5.18. The minimum Gasteiger partial charge on any atom is -0.467 e. The van der Waals surface area contributed by atoms with Crippen LogP contribution in [-0.4, -0.2) is 19.0 Å². The molecule has 1 aromatic heterocycles. The van der Waals surface area contributed by atoms with Crippen molar-refractivity contribution >= 4 is 5.91 Å². The summed E-state index contributed by atoms with van der Waals surface area (Å²) in [7, 11) is 0. The molecule has 4 N–H and O–H groups in total. The van der Waals surface area contributed by atoms with Gasteiger partial charge in [-0.15, -0.1) is 0 Å². The van der Waals surface area contributed by atoms with E-state index in [-0.39, 0.29) is 11.9 Å². The Labute approximate surface area is 123 Å². The zero-order valence-corrected chi connectivity index (χ0v) is 11.8. The first-order valence-corrected chi connectivity index (χ1v) is 7.15. The Balaban J connectivity index is 1.64. The highest BCUT2D eigenvalue weighted by Gasteiger charge is 2.20. The molecule has 1 unspecified atom stereocenters. The van der Waals surface area contributed by atoms with Gasteiger partial charge in [0.05, 0.1) is 12.1 Å². The molecule has 1 amide bonds. The predicted molar refractivity (Wildman–Crippen MR) is 79.8 cm³/mol. The van der Waals surface area contributed by atoms with Gasteiger partial charge in [0.15, 0.2) is 0 Å². The Bertz CT molecular complexity index is 636. The summed E-state index contributed by atoms with van der Waals surface area (Å²) in [6, 6.07) is 10.2. The van der Waals surface area contributed by atoms with Gasteiger partial charge in [0.25, 0.3) is 5.91 Å². The molecule has 1 aliphatic rings. The summed E-state index contributed by atoms with van der Waals surface area (Å²) in [5.74, 6) is 0.476. The van der Waals surface area contributed by atoms with Crippen molar-refractivity contribution in [2.24, 2.45) is 5.73 Å². The molecule has 5 heteroatoms. The molecule has 21 heavy (non-hydrogen) atoms. The fourth-order valence-corrected chi connectivity index (χ4v) is 2.68. The molecule has 2 aromatic rings. The Kier molecular flexibility index (Phi) is 4.03. The number of amides is 1. The van der Waals surface area contributed by atoms with Gasteiger partial charge in [-0.3, -0.25) is 4.79 Å². The third-order valence-electron chi connectivity index (χ3n) is 3.80. The minimum atomic E-state index is -0.136. The predicted octanol–water partition coefficient (Wildman–Crippen LogP) is 1.36. The molecule has 2 heterocycles. The van der Waals surface area contributed by atoms with Gasteiger partial charge in [0.2, 0.25) is 0 Å². The molecule has 1 aromatic carbocycles. The number of carbonyl (C=O) groups is 1. The van der Waals surface area contributed by atoms with Crippen molar-refractivity contribution in [1.29, 1.82) is 0 Å². The van der Waals surface area contributed by atoms with Crippen LogP contribution in [0.15, 0.2) is 41.0 Å². The van der Waals surface area contributed by atoms with Crippen LogP contribution in [0, 0.1) is 0 Å². The highest BCUT2D eigenvalue weighted by molar-refractivity contribution is 5.94. The van der Waals surface area contributed by atoms with Gasteiger partial charge in [-0.05, 0) is 30.2 Å². The number of hydrogen-bond acceptors (Lipinski definition) is 4. The molecule has 5 nitrogen and oxygen atoms in total. The summed E-state index contributed by atoms with van der Waals surface area (Å²) in [5, 5.41) is 6.39. The number of hydrogen-bond donors (Lipinski definition) is 3. The van der Waals surface area contributed by atoms with Crippen molar-refractivity contribution in [3.05, 3.63) is 59.0 Å². The maximum atomic E-state index is 12.1. The van der Waals surface area contributed by atoms with Crippen molar-refractivity contribution in [2.45, 2.75) is 19.0 Å². The lowest BCUT2D eigenvalue weighted by Crippen LogP contribution is -2.38. The van der Waals surface area contributed by atoms with Crippen molar-refractivity contribution in [1.82, 2.24) is 10.6 Å². The Morgan fingerprint density at radius 2 is 2.29 bits per heavy atom. The highest BCUT2D eigenvalue weighted by atomic mass is 16.3. The van der Waals surface area contributed by atoms with E-state index >= 15 is 0 Å². The van der Waals surface area contributed by atoms with Gasteiger partial charge in [-0.2, -0.15) is 0 Å². The minimum absolute atomic E-state index is 0.136. The molecule has 3 rings (SSSR count). The van der Waals surface area contributed by atoms with E-state index in [1.165, 1.54) is 17.4 Å². The number of benzene rings is 1. The van der Waals surface area contributed by atoms with E-state index in [0.717, 1.165) is 13.0 Å². The van der Waals surface area contributed by atoms with Gasteiger partial charge in [-0.1, -0.05) is 24.3 Å². The summed E-state index contributed by atoms with van der Waals surface area (Å²) >= 11 is 0. The zero-order valence-electron chi connectivity index (χ0n) is 11.8. The average molecular weight is 285 g/mol. The molecular formula is C16H19N3O2. The second-order valence-electron chi connectivity index (χ2n) is 5.17. The van der Waals surface area contributed by atoms with Gasteiger partial charge in [0, 0.05) is 12.6 Å². The Morgan fingerprint density at radius 1 is 1.43 bits per heavy atom. The molecule has 110 valence electrons. The molecule has 0 fully saturated rings. The number of fused-ring (bicyclic) bond motifs is 1. The van der Waals surface area contributed by atoms with E-state index in [2.05, 4.69) is 28.8 Å². The second-order valence-corrected chi connectivity index (χ2v) is 5.17. The molecular weight excluding hydrogens is 266 g/mol. The van der Waals surface area contributed by atoms with Crippen molar-refractivity contribution in [3.63, 3.8) is 0 Å². The van der Waals surface area contributed by atoms with Crippen LogP contribution in [0.3, 0.4) is 0 Å². The molecule has 0 aliphatic carbocycles. The first-order chi connectivity index (χ1) is 10.3. The molecule has 1 aliphatic heterocycles. The van der Waals surface area contributed by atoms with Crippen LogP contribution in [0.1, 0.15) is 33.3 Å². The summed E-state index contributed by atoms with van der Waals surface area (Å²) in [6.07, 6.45) is 2.47. The maximum Gasteiger partial charge on any atom is 0.254 e. The average Bonchev–Trinajstić information content (AvgIpc) is 3.01. The lowest BCUT2D eigenvalue weighted by Gasteiger charge is -2.27. The highest BCUT2D eigenvalue weighted by Crippen LogP contribution is 2.22. The van der Waals surface area contributed by atoms with Crippen molar-refractivity contribution in [2.75, 3.05) is 13.1 Å². The van der Waals surface area contributed by atoms with Crippen LogP contribution < -0.4 is 16.4 Å². The zero-order chi connectivity index (χ0) is 14.7. The van der Waals surface area contributed by atoms with Crippen LogP contribution >= 0.6 is 0 Å². The van der Waals surface area contributed by atoms with Crippen LogP contribution in [0.25, 0.3) is 0 Å². The van der Waals surface area contributed by atoms with Crippen LogP contribution in [0.4, 0.5) is 0 Å². The third kappa shape index (κ3) is 2.99. The fraction of sp³-hybridized carbons (Fsp3) is 0.312. The quantitative estimate of drug-likeness (QED) is 0.792. The van der Waals surface area contributed by atoms with Gasteiger partial charge >= 0.3 is 0 Å². The van der Waals surface area contributed by atoms with Gasteiger partial charge in [0.1, 0.15) is 12.0 Å². The molecule has 0 saturated heterocycles. The van der Waals surface area contributed by atoms with Gasteiger partial charge < -0.3 is 20.8 Å². The van der Waals surface area contributed by atoms with E-state index in [0.29, 0.717) is 24.4 Å². The van der Waals surface area contributed by atoms with E-state index in [1.54, 1.807) is 6.07 Å². The van der Waals surface area contributed by atoms with Crippen molar-refractivity contribution in [3.8, 4) is 0 Å². The Hall–Kier alpha value is -2.11. The van der Waals surface area contributed by atoms with Gasteiger partial charge in [-0.25, -0.2) is 0 Å². The number of nitrogens with one attached hydrogen (secondary N) is 2. The SMILES string of the molecule is NCc1cc(C(=O)NCC2NCCc3ccccc32)co1. The molecule has 0 spiro atoms. The lowest BCUT2D eigenvalue weighted by molar-refractivity contribution is 0.0948. The number of nitrogens with two attached hydrogens (primary N) is 1. The second kappa shape index (κ2) is 6.11. The molecule has 0 saturated carbocycles. The molecule has 0 bridgehead atoms. The number of rotatable bonds is 4. The van der Waals surface area contributed by atoms with Crippen molar-refractivity contribution < 1.29 is 9.21 Å².